The van der Waals surface area contributed by atoms with Crippen LogP contribution in [-0.4, -0.2) is 41.1 Å². The molecule has 2 unspecified atom stereocenters. The molecule has 1 aliphatic heterocycles. The highest BCUT2D eigenvalue weighted by atomic mass is 16.4. The number of nitrogens with zero attached hydrogens (tertiary/aromatic N) is 1. The number of carboxylic acid groups (broad SMARTS) is 1. The van der Waals surface area contributed by atoms with E-state index in [0.29, 0.717) is 5.92 Å². The molecule has 1 aliphatic rings. The number of hydrogen-bond donors (Lipinski definition) is 2. The van der Waals surface area contributed by atoms with Crippen LogP contribution in [0.25, 0.3) is 0 Å². The van der Waals surface area contributed by atoms with Gasteiger partial charge in [0.1, 0.15) is 6.04 Å². The molecule has 0 bridgehead atoms. The molecule has 20 heavy (non-hydrogen) atoms. The molecule has 0 aliphatic carbocycles. The average Bonchev–Trinajstić information content (AvgIpc) is 2.68. The molecule has 1 saturated heterocycles. The normalized spacial score (nSPS) is 22.8. The number of carboxylic acids is 1. The van der Waals surface area contributed by atoms with Crippen molar-refractivity contribution >= 4 is 12.0 Å². The minimum Gasteiger partial charge on any atom is -0.480 e. The lowest BCUT2D eigenvalue weighted by Gasteiger charge is -2.26. The molecular formula is C15H28N2O3. The third kappa shape index (κ3) is 4.69. The van der Waals surface area contributed by atoms with E-state index in [1.807, 2.05) is 13.8 Å². The van der Waals surface area contributed by atoms with E-state index in [1.165, 1.54) is 0 Å². The Morgan fingerprint density at radius 2 is 2.00 bits per heavy atom. The molecule has 1 fully saturated rings. The maximum atomic E-state index is 12.2. The van der Waals surface area contributed by atoms with Gasteiger partial charge in [-0.25, -0.2) is 9.59 Å². The summed E-state index contributed by atoms with van der Waals surface area (Å²) in [6.07, 6.45) is 5.07. The molecule has 5 heteroatoms. The van der Waals surface area contributed by atoms with Crippen molar-refractivity contribution in [2.45, 2.75) is 58.9 Å². The predicted molar refractivity (Wildman–Crippen MR) is 78.6 cm³/mol. The van der Waals surface area contributed by atoms with Crippen LogP contribution in [0.3, 0.4) is 0 Å². The van der Waals surface area contributed by atoms with Crippen molar-refractivity contribution in [2.75, 3.05) is 13.1 Å². The summed E-state index contributed by atoms with van der Waals surface area (Å²) in [5.41, 5.74) is 0. The molecular weight excluding hydrogens is 256 g/mol. The van der Waals surface area contributed by atoms with Crippen LogP contribution in [0, 0.1) is 11.8 Å². The van der Waals surface area contributed by atoms with E-state index in [9.17, 15) is 14.7 Å². The van der Waals surface area contributed by atoms with Crippen LogP contribution in [0.4, 0.5) is 4.79 Å². The standard InChI is InChI=1S/C15H28N2O3/c1-4-11(3)13(14(18)19)16-15(20)17-9-6-7-12(5-2)8-10-17/h11-13H,4-10H2,1-3H3,(H,16,20)(H,18,19)/t11?,12?,13-/m0/s1. The molecule has 0 spiro atoms. The van der Waals surface area contributed by atoms with Gasteiger partial charge < -0.3 is 15.3 Å². The molecule has 1 heterocycles. The molecule has 2 amide bonds. The lowest BCUT2D eigenvalue weighted by atomic mass is 9.98. The summed E-state index contributed by atoms with van der Waals surface area (Å²) in [5.74, 6) is -0.321. The highest BCUT2D eigenvalue weighted by Crippen LogP contribution is 2.20. The van der Waals surface area contributed by atoms with Crippen molar-refractivity contribution in [3.05, 3.63) is 0 Å². The molecule has 0 aromatic carbocycles. The maximum Gasteiger partial charge on any atom is 0.326 e. The Hall–Kier alpha value is -1.26. The van der Waals surface area contributed by atoms with Crippen molar-refractivity contribution in [1.82, 2.24) is 10.2 Å². The highest BCUT2D eigenvalue weighted by Gasteiger charge is 2.28. The van der Waals surface area contributed by atoms with Crippen molar-refractivity contribution in [3.63, 3.8) is 0 Å². The molecule has 0 aromatic rings. The first-order valence-corrected chi connectivity index (χ1v) is 7.77. The van der Waals surface area contributed by atoms with Gasteiger partial charge in [0.25, 0.3) is 0 Å². The van der Waals surface area contributed by atoms with Gasteiger partial charge in [0.05, 0.1) is 0 Å². The largest absolute Gasteiger partial charge is 0.480 e. The van der Waals surface area contributed by atoms with E-state index in [0.717, 1.165) is 45.2 Å². The Labute approximate surface area is 121 Å². The van der Waals surface area contributed by atoms with Gasteiger partial charge in [0.15, 0.2) is 0 Å². The second-order valence-corrected chi connectivity index (χ2v) is 5.84. The lowest BCUT2D eigenvalue weighted by Crippen LogP contribution is -2.50. The van der Waals surface area contributed by atoms with Gasteiger partial charge in [-0.2, -0.15) is 0 Å². The first-order valence-electron chi connectivity index (χ1n) is 7.77. The van der Waals surface area contributed by atoms with Gasteiger partial charge in [0.2, 0.25) is 0 Å². The van der Waals surface area contributed by atoms with E-state index in [4.69, 9.17) is 0 Å². The summed E-state index contributed by atoms with van der Waals surface area (Å²) in [7, 11) is 0. The first kappa shape index (κ1) is 16.8. The summed E-state index contributed by atoms with van der Waals surface area (Å²) in [6.45, 7) is 7.44. The Morgan fingerprint density at radius 1 is 1.30 bits per heavy atom. The highest BCUT2D eigenvalue weighted by molar-refractivity contribution is 5.82. The van der Waals surface area contributed by atoms with Crippen molar-refractivity contribution in [3.8, 4) is 0 Å². The number of rotatable bonds is 5. The lowest BCUT2D eigenvalue weighted by molar-refractivity contribution is -0.140. The summed E-state index contributed by atoms with van der Waals surface area (Å²) in [4.78, 5) is 25.3. The number of hydrogen-bond acceptors (Lipinski definition) is 2. The van der Waals surface area contributed by atoms with E-state index in [-0.39, 0.29) is 11.9 Å². The third-order valence-electron chi connectivity index (χ3n) is 4.47. The predicted octanol–water partition coefficient (Wildman–Crippen LogP) is 2.71. The van der Waals surface area contributed by atoms with Crippen molar-refractivity contribution in [2.24, 2.45) is 11.8 Å². The number of amides is 2. The number of carbonyl (C=O) groups excluding carboxylic acids is 1. The number of nitrogens with one attached hydrogen (secondary N) is 1. The number of aliphatic carboxylic acids is 1. The molecule has 0 radical (unpaired) electrons. The van der Waals surface area contributed by atoms with E-state index in [2.05, 4.69) is 12.2 Å². The third-order valence-corrected chi connectivity index (χ3v) is 4.47. The minimum absolute atomic E-state index is 0.0631. The summed E-state index contributed by atoms with van der Waals surface area (Å²) < 4.78 is 0. The number of likely N-dealkylation sites (tertiary alicyclic amines) is 1. The van der Waals surface area contributed by atoms with Crippen LogP contribution in [0.1, 0.15) is 52.9 Å². The van der Waals surface area contributed by atoms with Gasteiger partial charge in [-0.3, -0.25) is 0 Å². The van der Waals surface area contributed by atoms with Gasteiger partial charge in [-0.1, -0.05) is 33.6 Å². The molecule has 1 rings (SSSR count). The van der Waals surface area contributed by atoms with Crippen LogP contribution < -0.4 is 5.32 Å². The fourth-order valence-electron chi connectivity index (χ4n) is 2.68. The molecule has 0 saturated carbocycles. The van der Waals surface area contributed by atoms with Crippen LogP contribution in [0.5, 0.6) is 0 Å². The monoisotopic (exact) mass is 284 g/mol. The average molecular weight is 284 g/mol. The fraction of sp³-hybridized carbons (Fsp3) is 0.867. The van der Waals surface area contributed by atoms with Crippen LogP contribution in [-0.2, 0) is 4.79 Å². The number of carbonyl (C=O) groups is 2. The SMILES string of the molecule is CCC1CCCN(C(=O)N[C@H](C(=O)O)C(C)CC)CC1. The zero-order valence-corrected chi connectivity index (χ0v) is 12.9. The molecule has 2 N–H and O–H groups in total. The molecule has 5 nitrogen and oxygen atoms in total. The summed E-state index contributed by atoms with van der Waals surface area (Å²) in [5, 5.41) is 11.9. The van der Waals surface area contributed by atoms with Crippen LogP contribution >= 0.6 is 0 Å². The second kappa shape index (κ2) is 8.12. The van der Waals surface area contributed by atoms with E-state index < -0.39 is 12.0 Å². The van der Waals surface area contributed by atoms with Crippen LogP contribution in [0.15, 0.2) is 0 Å². The Bertz CT molecular complexity index is 333. The topological polar surface area (TPSA) is 69.6 Å². The maximum absolute atomic E-state index is 12.2. The smallest absolute Gasteiger partial charge is 0.326 e. The summed E-state index contributed by atoms with van der Waals surface area (Å²) in [6, 6.07) is -1.02. The first-order chi connectivity index (χ1) is 9.49. The quantitative estimate of drug-likeness (QED) is 0.815. The molecule has 116 valence electrons. The minimum atomic E-state index is -0.950. The molecule has 3 atom stereocenters. The van der Waals surface area contributed by atoms with Gasteiger partial charge in [-0.05, 0) is 31.1 Å². The van der Waals surface area contributed by atoms with Crippen molar-refractivity contribution in [1.29, 1.82) is 0 Å². The van der Waals surface area contributed by atoms with E-state index in [1.54, 1.807) is 4.90 Å². The van der Waals surface area contributed by atoms with Gasteiger partial charge >= 0.3 is 12.0 Å². The van der Waals surface area contributed by atoms with Crippen LogP contribution in [0.2, 0.25) is 0 Å². The zero-order chi connectivity index (χ0) is 15.1. The Balaban J connectivity index is 2.58. The van der Waals surface area contributed by atoms with Crippen molar-refractivity contribution < 1.29 is 14.7 Å². The van der Waals surface area contributed by atoms with Gasteiger partial charge in [-0.15, -0.1) is 0 Å². The Morgan fingerprint density at radius 3 is 2.55 bits per heavy atom. The van der Waals surface area contributed by atoms with E-state index >= 15 is 0 Å². The number of urea groups is 1. The van der Waals surface area contributed by atoms with Gasteiger partial charge in [0, 0.05) is 13.1 Å². The fourth-order valence-corrected chi connectivity index (χ4v) is 2.68. The molecule has 0 aromatic heterocycles. The Kier molecular flexibility index (Phi) is 6.82. The zero-order valence-electron chi connectivity index (χ0n) is 12.9. The summed E-state index contributed by atoms with van der Waals surface area (Å²) >= 11 is 0. The second-order valence-electron chi connectivity index (χ2n) is 5.84.